The molecule has 0 aromatic heterocycles. The highest BCUT2D eigenvalue weighted by molar-refractivity contribution is 5.78. The standard InChI is InChI=1S/C12H24N2O/c1-3-11-5-4-7-14(8-6-11)12(15)10(2)9-13/h10-11H,3-9,13H2,1-2H3. The van der Waals surface area contributed by atoms with E-state index in [4.69, 9.17) is 5.73 Å². The van der Waals surface area contributed by atoms with Crippen molar-refractivity contribution < 1.29 is 4.79 Å². The zero-order valence-corrected chi connectivity index (χ0v) is 10.0. The summed E-state index contributed by atoms with van der Waals surface area (Å²) in [6.45, 7) is 6.49. The van der Waals surface area contributed by atoms with Gasteiger partial charge in [0.1, 0.15) is 0 Å². The van der Waals surface area contributed by atoms with Crippen molar-refractivity contribution in [2.45, 2.75) is 39.5 Å². The maximum absolute atomic E-state index is 11.9. The van der Waals surface area contributed by atoms with E-state index in [1.165, 1.54) is 19.3 Å². The quantitative estimate of drug-likeness (QED) is 0.772. The van der Waals surface area contributed by atoms with E-state index in [-0.39, 0.29) is 11.8 Å². The summed E-state index contributed by atoms with van der Waals surface area (Å²) >= 11 is 0. The summed E-state index contributed by atoms with van der Waals surface area (Å²) in [4.78, 5) is 13.9. The van der Waals surface area contributed by atoms with Crippen LogP contribution in [0.4, 0.5) is 0 Å². The van der Waals surface area contributed by atoms with Crippen LogP contribution in [0, 0.1) is 11.8 Å². The number of hydrogen-bond acceptors (Lipinski definition) is 2. The number of nitrogens with two attached hydrogens (primary N) is 1. The minimum Gasteiger partial charge on any atom is -0.342 e. The highest BCUT2D eigenvalue weighted by Crippen LogP contribution is 2.20. The molecule has 0 spiro atoms. The van der Waals surface area contributed by atoms with Crippen LogP contribution in [0.1, 0.15) is 39.5 Å². The Morgan fingerprint density at radius 2 is 2.20 bits per heavy atom. The molecule has 0 radical (unpaired) electrons. The van der Waals surface area contributed by atoms with E-state index in [1.54, 1.807) is 0 Å². The lowest BCUT2D eigenvalue weighted by Crippen LogP contribution is -2.38. The van der Waals surface area contributed by atoms with Gasteiger partial charge in [0, 0.05) is 25.6 Å². The van der Waals surface area contributed by atoms with Gasteiger partial charge in [0.15, 0.2) is 0 Å². The first-order valence-corrected chi connectivity index (χ1v) is 6.17. The van der Waals surface area contributed by atoms with E-state index in [9.17, 15) is 4.79 Å². The average Bonchev–Trinajstić information content (AvgIpc) is 2.51. The fraction of sp³-hybridized carbons (Fsp3) is 0.917. The van der Waals surface area contributed by atoms with Crippen molar-refractivity contribution in [1.82, 2.24) is 4.90 Å². The third-order valence-corrected chi connectivity index (χ3v) is 3.51. The largest absolute Gasteiger partial charge is 0.342 e. The van der Waals surface area contributed by atoms with Gasteiger partial charge < -0.3 is 10.6 Å². The van der Waals surface area contributed by atoms with Crippen LogP contribution in [0.3, 0.4) is 0 Å². The third-order valence-electron chi connectivity index (χ3n) is 3.51. The molecule has 2 atom stereocenters. The van der Waals surface area contributed by atoms with Crippen molar-refractivity contribution in [2.24, 2.45) is 17.6 Å². The van der Waals surface area contributed by atoms with E-state index < -0.39 is 0 Å². The molecule has 2 N–H and O–H groups in total. The van der Waals surface area contributed by atoms with Crippen molar-refractivity contribution in [2.75, 3.05) is 19.6 Å². The van der Waals surface area contributed by atoms with Crippen LogP contribution in [-0.2, 0) is 4.79 Å². The van der Waals surface area contributed by atoms with Crippen molar-refractivity contribution >= 4 is 5.91 Å². The van der Waals surface area contributed by atoms with Crippen LogP contribution in [0.25, 0.3) is 0 Å². The number of rotatable bonds is 3. The number of carbonyl (C=O) groups is 1. The Morgan fingerprint density at radius 3 is 2.80 bits per heavy atom. The molecule has 0 aromatic rings. The second kappa shape index (κ2) is 6.11. The lowest BCUT2D eigenvalue weighted by molar-refractivity contribution is -0.134. The molecule has 1 aliphatic heterocycles. The fourth-order valence-corrected chi connectivity index (χ4v) is 2.21. The molecule has 3 nitrogen and oxygen atoms in total. The Bertz CT molecular complexity index is 206. The SMILES string of the molecule is CCC1CCCN(C(=O)C(C)CN)CC1. The molecule has 3 heteroatoms. The summed E-state index contributed by atoms with van der Waals surface area (Å²) in [5, 5.41) is 0. The van der Waals surface area contributed by atoms with Gasteiger partial charge in [-0.2, -0.15) is 0 Å². The van der Waals surface area contributed by atoms with Gasteiger partial charge in [-0.15, -0.1) is 0 Å². The van der Waals surface area contributed by atoms with Crippen molar-refractivity contribution in [3.8, 4) is 0 Å². The first kappa shape index (κ1) is 12.5. The predicted octanol–water partition coefficient (Wildman–Crippen LogP) is 1.62. The summed E-state index contributed by atoms with van der Waals surface area (Å²) in [5.41, 5.74) is 5.52. The van der Waals surface area contributed by atoms with Gasteiger partial charge in [-0.05, 0) is 25.2 Å². The van der Waals surface area contributed by atoms with Gasteiger partial charge in [0.25, 0.3) is 0 Å². The predicted molar refractivity (Wildman–Crippen MR) is 62.4 cm³/mol. The molecule has 0 aliphatic carbocycles. The molecule has 15 heavy (non-hydrogen) atoms. The van der Waals surface area contributed by atoms with Crippen LogP contribution in [0.2, 0.25) is 0 Å². The Morgan fingerprint density at radius 1 is 1.47 bits per heavy atom. The molecule has 88 valence electrons. The van der Waals surface area contributed by atoms with E-state index in [1.807, 2.05) is 11.8 Å². The minimum atomic E-state index is -0.0109. The summed E-state index contributed by atoms with van der Waals surface area (Å²) in [6.07, 6.45) is 4.84. The Kier molecular flexibility index (Phi) is 5.09. The smallest absolute Gasteiger partial charge is 0.226 e. The van der Waals surface area contributed by atoms with Gasteiger partial charge in [-0.3, -0.25) is 4.79 Å². The van der Waals surface area contributed by atoms with Crippen molar-refractivity contribution in [3.63, 3.8) is 0 Å². The first-order valence-electron chi connectivity index (χ1n) is 6.17. The molecule has 1 saturated heterocycles. The van der Waals surface area contributed by atoms with Gasteiger partial charge in [0.2, 0.25) is 5.91 Å². The minimum absolute atomic E-state index is 0.0109. The Hall–Kier alpha value is -0.570. The monoisotopic (exact) mass is 212 g/mol. The molecule has 0 saturated carbocycles. The molecule has 0 bridgehead atoms. The van der Waals surface area contributed by atoms with E-state index >= 15 is 0 Å². The van der Waals surface area contributed by atoms with Gasteiger partial charge >= 0.3 is 0 Å². The van der Waals surface area contributed by atoms with Gasteiger partial charge in [0.05, 0.1) is 0 Å². The van der Waals surface area contributed by atoms with Crippen LogP contribution < -0.4 is 5.73 Å². The Labute approximate surface area is 93.0 Å². The lowest BCUT2D eigenvalue weighted by atomic mass is 9.98. The van der Waals surface area contributed by atoms with Crippen molar-refractivity contribution in [3.05, 3.63) is 0 Å². The number of amides is 1. The van der Waals surface area contributed by atoms with Crippen LogP contribution >= 0.6 is 0 Å². The summed E-state index contributed by atoms with van der Waals surface area (Å²) in [6, 6.07) is 0. The Balaban J connectivity index is 2.46. The highest BCUT2D eigenvalue weighted by Gasteiger charge is 2.22. The molecular formula is C12H24N2O. The molecule has 0 aromatic carbocycles. The van der Waals surface area contributed by atoms with Crippen LogP contribution in [0.15, 0.2) is 0 Å². The second-order valence-corrected chi connectivity index (χ2v) is 4.67. The number of carbonyl (C=O) groups excluding carboxylic acids is 1. The maximum Gasteiger partial charge on any atom is 0.226 e. The topological polar surface area (TPSA) is 46.3 Å². The first-order chi connectivity index (χ1) is 7.19. The average molecular weight is 212 g/mol. The number of nitrogens with zero attached hydrogens (tertiary/aromatic N) is 1. The maximum atomic E-state index is 11.9. The van der Waals surface area contributed by atoms with Crippen LogP contribution in [0.5, 0.6) is 0 Å². The van der Waals surface area contributed by atoms with E-state index in [0.717, 1.165) is 25.4 Å². The van der Waals surface area contributed by atoms with E-state index in [0.29, 0.717) is 6.54 Å². The number of hydrogen-bond donors (Lipinski definition) is 1. The summed E-state index contributed by atoms with van der Waals surface area (Å²) in [5.74, 6) is 1.05. The molecule has 1 amide bonds. The molecule has 1 rings (SSSR count). The van der Waals surface area contributed by atoms with Crippen LogP contribution in [-0.4, -0.2) is 30.4 Å². The second-order valence-electron chi connectivity index (χ2n) is 4.67. The number of likely N-dealkylation sites (tertiary alicyclic amines) is 1. The van der Waals surface area contributed by atoms with Crippen molar-refractivity contribution in [1.29, 1.82) is 0 Å². The fourth-order valence-electron chi connectivity index (χ4n) is 2.21. The van der Waals surface area contributed by atoms with Gasteiger partial charge in [-0.25, -0.2) is 0 Å². The van der Waals surface area contributed by atoms with E-state index in [2.05, 4.69) is 6.92 Å². The zero-order valence-electron chi connectivity index (χ0n) is 10.0. The highest BCUT2D eigenvalue weighted by atomic mass is 16.2. The molecule has 1 aliphatic rings. The normalized spacial score (nSPS) is 24.7. The lowest BCUT2D eigenvalue weighted by Gasteiger charge is -2.23. The third kappa shape index (κ3) is 3.49. The molecule has 2 unspecified atom stereocenters. The molecule has 1 heterocycles. The zero-order chi connectivity index (χ0) is 11.3. The summed E-state index contributed by atoms with van der Waals surface area (Å²) in [7, 11) is 0. The summed E-state index contributed by atoms with van der Waals surface area (Å²) < 4.78 is 0. The molecular weight excluding hydrogens is 188 g/mol. The van der Waals surface area contributed by atoms with Gasteiger partial charge in [-0.1, -0.05) is 20.3 Å². The molecule has 1 fully saturated rings.